The molecular formula is C15H26O3. The van der Waals surface area contributed by atoms with E-state index in [9.17, 15) is 15.3 Å². The molecule has 6 atom stereocenters. The third-order valence-electron chi connectivity index (χ3n) is 6.64. The van der Waals surface area contributed by atoms with E-state index < -0.39 is 0 Å². The van der Waals surface area contributed by atoms with Crippen LogP contribution in [0, 0.1) is 22.2 Å². The molecule has 2 bridgehead atoms. The van der Waals surface area contributed by atoms with Crippen molar-refractivity contribution in [2.45, 2.75) is 64.6 Å². The fourth-order valence-electron chi connectivity index (χ4n) is 5.55. The third-order valence-corrected chi connectivity index (χ3v) is 6.64. The number of fused-ring (bicyclic) bond motifs is 1. The molecule has 0 unspecified atom stereocenters. The standard InChI is InChI=1S/C15H26O3/c1-13-5-3-10-14(2,9-16)7-12(18)15(10,8-13)6-4-11(13)17/h10-12,16-18H,3-9H2,1-2H3/t10-,11-,12-,13-,14-,15-/m0/s1. The van der Waals surface area contributed by atoms with Crippen molar-refractivity contribution in [3.8, 4) is 0 Å². The second kappa shape index (κ2) is 3.71. The zero-order chi connectivity index (χ0) is 13.2. The molecule has 0 aromatic heterocycles. The largest absolute Gasteiger partial charge is 0.396 e. The molecule has 0 radical (unpaired) electrons. The molecule has 18 heavy (non-hydrogen) atoms. The van der Waals surface area contributed by atoms with Gasteiger partial charge in [-0.1, -0.05) is 13.8 Å². The van der Waals surface area contributed by atoms with E-state index in [-0.39, 0.29) is 35.1 Å². The van der Waals surface area contributed by atoms with Crippen molar-refractivity contribution in [2.75, 3.05) is 6.61 Å². The highest BCUT2D eigenvalue weighted by Crippen LogP contribution is 2.68. The molecule has 1 spiro atoms. The third kappa shape index (κ3) is 1.41. The van der Waals surface area contributed by atoms with Gasteiger partial charge in [0.05, 0.1) is 12.2 Å². The van der Waals surface area contributed by atoms with Gasteiger partial charge in [0.2, 0.25) is 0 Å². The van der Waals surface area contributed by atoms with E-state index in [1.165, 1.54) is 0 Å². The Labute approximate surface area is 109 Å². The summed E-state index contributed by atoms with van der Waals surface area (Å²) in [6.45, 7) is 4.48. The maximum atomic E-state index is 10.6. The maximum Gasteiger partial charge on any atom is 0.0605 e. The van der Waals surface area contributed by atoms with Gasteiger partial charge in [-0.2, -0.15) is 0 Å². The minimum absolute atomic E-state index is 0.0174. The summed E-state index contributed by atoms with van der Waals surface area (Å²) in [4.78, 5) is 0. The van der Waals surface area contributed by atoms with Gasteiger partial charge in [-0.3, -0.25) is 0 Å². The molecule has 104 valence electrons. The van der Waals surface area contributed by atoms with Crippen LogP contribution in [-0.2, 0) is 0 Å². The van der Waals surface area contributed by atoms with E-state index in [0.29, 0.717) is 5.92 Å². The smallest absolute Gasteiger partial charge is 0.0605 e. The summed E-state index contributed by atoms with van der Waals surface area (Å²) in [5, 5.41) is 30.6. The van der Waals surface area contributed by atoms with Gasteiger partial charge in [-0.25, -0.2) is 0 Å². The minimum atomic E-state index is -0.299. The average molecular weight is 254 g/mol. The molecule has 0 aromatic carbocycles. The zero-order valence-corrected chi connectivity index (χ0v) is 11.5. The van der Waals surface area contributed by atoms with Gasteiger partial charge in [0.25, 0.3) is 0 Å². The maximum absolute atomic E-state index is 10.6. The monoisotopic (exact) mass is 254 g/mol. The van der Waals surface area contributed by atoms with Crippen LogP contribution in [0.5, 0.6) is 0 Å². The second-order valence-electron chi connectivity index (χ2n) is 7.74. The van der Waals surface area contributed by atoms with Crippen LogP contribution in [0.1, 0.15) is 52.4 Å². The molecule has 3 N–H and O–H groups in total. The minimum Gasteiger partial charge on any atom is -0.396 e. The van der Waals surface area contributed by atoms with E-state index in [4.69, 9.17) is 0 Å². The van der Waals surface area contributed by atoms with Crippen molar-refractivity contribution in [2.24, 2.45) is 22.2 Å². The molecule has 3 aliphatic rings. The van der Waals surface area contributed by atoms with Crippen LogP contribution < -0.4 is 0 Å². The highest BCUT2D eigenvalue weighted by molar-refractivity contribution is 5.14. The van der Waals surface area contributed by atoms with Crippen molar-refractivity contribution >= 4 is 0 Å². The molecule has 0 saturated heterocycles. The molecule has 0 aliphatic heterocycles. The first-order valence-electron chi connectivity index (χ1n) is 7.33. The number of hydrogen-bond acceptors (Lipinski definition) is 3. The van der Waals surface area contributed by atoms with Gasteiger partial charge in [-0.05, 0) is 55.3 Å². The summed E-state index contributed by atoms with van der Waals surface area (Å²) in [7, 11) is 0. The quantitative estimate of drug-likeness (QED) is 0.667. The van der Waals surface area contributed by atoms with Crippen molar-refractivity contribution in [1.29, 1.82) is 0 Å². The molecule has 3 aliphatic carbocycles. The Morgan fingerprint density at radius 3 is 2.44 bits per heavy atom. The summed E-state index contributed by atoms with van der Waals surface area (Å²) in [6.07, 6.45) is 4.95. The number of aliphatic hydroxyl groups excluding tert-OH is 3. The van der Waals surface area contributed by atoms with Crippen LogP contribution in [0.4, 0.5) is 0 Å². The summed E-state index contributed by atoms with van der Waals surface area (Å²) in [5.41, 5.74) is -0.177. The first-order valence-corrected chi connectivity index (χ1v) is 7.33. The normalized spacial score (nSPS) is 59.5. The van der Waals surface area contributed by atoms with Crippen LogP contribution in [0.25, 0.3) is 0 Å². The fraction of sp³-hybridized carbons (Fsp3) is 1.00. The lowest BCUT2D eigenvalue weighted by Crippen LogP contribution is -2.54. The molecule has 3 fully saturated rings. The Kier molecular flexibility index (Phi) is 2.66. The van der Waals surface area contributed by atoms with Gasteiger partial charge < -0.3 is 15.3 Å². The first kappa shape index (κ1) is 12.9. The zero-order valence-electron chi connectivity index (χ0n) is 11.5. The SMILES string of the molecule is C[C@@]12CC[C@H]3[C@](C)(CO)C[C@H](O)[C@@]3(CC[C@@H]1O)C2. The average Bonchev–Trinajstić information content (AvgIpc) is 2.54. The molecule has 0 heterocycles. The Morgan fingerprint density at radius 1 is 1.06 bits per heavy atom. The van der Waals surface area contributed by atoms with Crippen LogP contribution in [0.3, 0.4) is 0 Å². The number of rotatable bonds is 1. The summed E-state index contributed by atoms with van der Waals surface area (Å²) < 4.78 is 0. The van der Waals surface area contributed by atoms with Gasteiger partial charge in [0.1, 0.15) is 0 Å². The summed E-state index contributed by atoms with van der Waals surface area (Å²) in [6, 6.07) is 0. The van der Waals surface area contributed by atoms with E-state index in [1.807, 2.05) is 0 Å². The molecule has 3 nitrogen and oxygen atoms in total. The second-order valence-corrected chi connectivity index (χ2v) is 7.74. The molecule has 3 rings (SSSR count). The summed E-state index contributed by atoms with van der Waals surface area (Å²) in [5.74, 6) is 0.422. The lowest BCUT2D eigenvalue weighted by Gasteiger charge is -2.57. The first-order chi connectivity index (χ1) is 8.36. The van der Waals surface area contributed by atoms with Crippen LogP contribution >= 0.6 is 0 Å². The fourth-order valence-corrected chi connectivity index (χ4v) is 5.55. The predicted octanol–water partition coefficient (Wildman–Crippen LogP) is 1.70. The summed E-state index contributed by atoms with van der Waals surface area (Å²) >= 11 is 0. The Balaban J connectivity index is 1.99. The van der Waals surface area contributed by atoms with E-state index in [2.05, 4.69) is 13.8 Å². The highest BCUT2D eigenvalue weighted by atomic mass is 16.3. The molecule has 3 saturated carbocycles. The molecule has 0 amide bonds. The van der Waals surface area contributed by atoms with Crippen molar-refractivity contribution in [1.82, 2.24) is 0 Å². The lowest BCUT2D eigenvalue weighted by atomic mass is 9.49. The Bertz CT molecular complexity index is 358. The Hall–Kier alpha value is -0.120. The van der Waals surface area contributed by atoms with E-state index in [0.717, 1.165) is 38.5 Å². The van der Waals surface area contributed by atoms with Crippen LogP contribution in [0.15, 0.2) is 0 Å². The topological polar surface area (TPSA) is 60.7 Å². The van der Waals surface area contributed by atoms with Crippen molar-refractivity contribution in [3.63, 3.8) is 0 Å². The van der Waals surface area contributed by atoms with E-state index in [1.54, 1.807) is 0 Å². The molecule has 3 heteroatoms. The van der Waals surface area contributed by atoms with Crippen LogP contribution in [0.2, 0.25) is 0 Å². The number of hydrogen-bond donors (Lipinski definition) is 3. The van der Waals surface area contributed by atoms with E-state index >= 15 is 0 Å². The van der Waals surface area contributed by atoms with Crippen molar-refractivity contribution in [3.05, 3.63) is 0 Å². The van der Waals surface area contributed by atoms with Gasteiger partial charge in [0, 0.05) is 12.0 Å². The molecular weight excluding hydrogens is 228 g/mol. The Morgan fingerprint density at radius 2 is 1.78 bits per heavy atom. The van der Waals surface area contributed by atoms with Gasteiger partial charge in [-0.15, -0.1) is 0 Å². The van der Waals surface area contributed by atoms with Gasteiger partial charge in [0.15, 0.2) is 0 Å². The predicted molar refractivity (Wildman–Crippen MR) is 68.9 cm³/mol. The highest BCUT2D eigenvalue weighted by Gasteiger charge is 2.65. The lowest BCUT2D eigenvalue weighted by molar-refractivity contribution is -0.147. The van der Waals surface area contributed by atoms with Crippen molar-refractivity contribution < 1.29 is 15.3 Å². The van der Waals surface area contributed by atoms with Gasteiger partial charge >= 0.3 is 0 Å². The molecule has 0 aromatic rings. The number of aliphatic hydroxyl groups is 3. The van der Waals surface area contributed by atoms with Crippen LogP contribution in [-0.4, -0.2) is 34.1 Å².